The molecule has 0 aromatic rings. The van der Waals surface area contributed by atoms with Gasteiger partial charge in [-0.15, -0.1) is 0 Å². The van der Waals surface area contributed by atoms with Gasteiger partial charge in [-0.1, -0.05) is 13.8 Å². The highest BCUT2D eigenvalue weighted by Crippen LogP contribution is 2.06. The minimum atomic E-state index is -0.171. The average molecular weight is 187 g/mol. The van der Waals surface area contributed by atoms with Gasteiger partial charge in [0.15, 0.2) is 0 Å². The quantitative estimate of drug-likeness (QED) is 0.668. The van der Waals surface area contributed by atoms with Gasteiger partial charge in [-0.05, 0) is 25.3 Å². The first-order chi connectivity index (χ1) is 6.20. The first kappa shape index (κ1) is 11.0. The van der Waals surface area contributed by atoms with Crippen LogP contribution in [0.1, 0.15) is 26.7 Å². The van der Waals surface area contributed by atoms with Gasteiger partial charge in [0.1, 0.15) is 0 Å². The van der Waals surface area contributed by atoms with E-state index in [9.17, 15) is 5.11 Å². The second kappa shape index (κ2) is 5.58. The predicted octanol–water partition coefficient (Wildman–Crippen LogP) is 0.772. The van der Waals surface area contributed by atoms with E-state index < -0.39 is 0 Å². The van der Waals surface area contributed by atoms with Gasteiger partial charge < -0.3 is 15.2 Å². The lowest BCUT2D eigenvalue weighted by Gasteiger charge is -2.16. The van der Waals surface area contributed by atoms with Gasteiger partial charge in [0.2, 0.25) is 0 Å². The Bertz CT molecular complexity index is 131. The summed E-state index contributed by atoms with van der Waals surface area (Å²) in [5.41, 5.74) is 0. The molecular weight excluding hydrogens is 166 g/mol. The molecule has 0 bridgehead atoms. The van der Waals surface area contributed by atoms with Crippen LogP contribution >= 0.6 is 0 Å². The number of hydrogen-bond donors (Lipinski definition) is 2. The molecule has 0 aliphatic carbocycles. The first-order valence-electron chi connectivity index (χ1n) is 5.19. The highest BCUT2D eigenvalue weighted by atomic mass is 16.5. The molecule has 3 heteroatoms. The zero-order valence-electron chi connectivity index (χ0n) is 8.62. The van der Waals surface area contributed by atoms with Crippen LogP contribution in [0, 0.1) is 5.92 Å². The van der Waals surface area contributed by atoms with Gasteiger partial charge in [0, 0.05) is 12.6 Å². The molecule has 1 fully saturated rings. The molecule has 0 radical (unpaired) electrons. The van der Waals surface area contributed by atoms with Crippen LogP contribution in [0.5, 0.6) is 0 Å². The van der Waals surface area contributed by atoms with Gasteiger partial charge in [0.25, 0.3) is 0 Å². The maximum absolute atomic E-state index is 9.53. The predicted molar refractivity (Wildman–Crippen MR) is 52.7 cm³/mol. The van der Waals surface area contributed by atoms with Crippen LogP contribution in [0.3, 0.4) is 0 Å². The van der Waals surface area contributed by atoms with Gasteiger partial charge in [-0.2, -0.15) is 0 Å². The lowest BCUT2D eigenvalue weighted by molar-refractivity contribution is 0.114. The van der Waals surface area contributed by atoms with Crippen LogP contribution < -0.4 is 5.32 Å². The smallest absolute Gasteiger partial charge is 0.0620 e. The molecular formula is C10H21NO2. The Labute approximate surface area is 80.5 Å². The minimum Gasteiger partial charge on any atom is -0.393 e. The van der Waals surface area contributed by atoms with Crippen molar-refractivity contribution in [1.29, 1.82) is 0 Å². The first-order valence-corrected chi connectivity index (χ1v) is 5.19. The molecule has 3 nitrogen and oxygen atoms in total. The van der Waals surface area contributed by atoms with Crippen molar-refractivity contribution in [2.45, 2.75) is 38.8 Å². The summed E-state index contributed by atoms with van der Waals surface area (Å²) < 4.78 is 5.24. The maximum atomic E-state index is 9.53. The molecule has 0 spiro atoms. The van der Waals surface area contributed by atoms with E-state index in [1.807, 2.05) is 13.8 Å². The molecule has 2 unspecified atom stereocenters. The Kier molecular flexibility index (Phi) is 4.70. The highest BCUT2D eigenvalue weighted by Gasteiger charge is 2.15. The molecule has 13 heavy (non-hydrogen) atoms. The third kappa shape index (κ3) is 4.07. The normalized spacial score (nSPS) is 25.4. The summed E-state index contributed by atoms with van der Waals surface area (Å²) in [7, 11) is 0. The van der Waals surface area contributed by atoms with Crippen LogP contribution in [0.2, 0.25) is 0 Å². The highest BCUT2D eigenvalue weighted by molar-refractivity contribution is 4.72. The number of rotatable bonds is 5. The molecule has 0 aromatic carbocycles. The fourth-order valence-corrected chi connectivity index (χ4v) is 1.46. The molecule has 0 amide bonds. The second-order valence-electron chi connectivity index (χ2n) is 4.11. The fraction of sp³-hybridized carbons (Fsp3) is 1.00. The Morgan fingerprint density at radius 2 is 2.31 bits per heavy atom. The van der Waals surface area contributed by atoms with Crippen LogP contribution in [-0.2, 0) is 4.74 Å². The topological polar surface area (TPSA) is 41.5 Å². The third-order valence-corrected chi connectivity index (χ3v) is 2.57. The lowest BCUT2D eigenvalue weighted by Crippen LogP contribution is -2.32. The maximum Gasteiger partial charge on any atom is 0.0620 e. The van der Waals surface area contributed by atoms with Crippen LogP contribution in [0.25, 0.3) is 0 Å². The van der Waals surface area contributed by atoms with E-state index >= 15 is 0 Å². The standard InChI is InChI=1S/C10H21NO2/c1-8(2)10(12)3-5-11-9-4-6-13-7-9/h8-12H,3-7H2,1-2H3. The second-order valence-corrected chi connectivity index (χ2v) is 4.11. The van der Waals surface area contributed by atoms with E-state index in [0.29, 0.717) is 12.0 Å². The van der Waals surface area contributed by atoms with Crippen molar-refractivity contribution in [3.8, 4) is 0 Å². The van der Waals surface area contributed by atoms with Gasteiger partial charge >= 0.3 is 0 Å². The monoisotopic (exact) mass is 187 g/mol. The van der Waals surface area contributed by atoms with Crippen molar-refractivity contribution < 1.29 is 9.84 Å². The molecule has 0 aromatic heterocycles. The summed E-state index contributed by atoms with van der Waals surface area (Å²) in [6.45, 7) is 6.70. The summed E-state index contributed by atoms with van der Waals surface area (Å²) in [6, 6.07) is 0.513. The zero-order valence-corrected chi connectivity index (χ0v) is 8.62. The molecule has 0 saturated carbocycles. The van der Waals surface area contributed by atoms with Crippen molar-refractivity contribution in [2.24, 2.45) is 5.92 Å². The van der Waals surface area contributed by atoms with Crippen molar-refractivity contribution in [3.05, 3.63) is 0 Å². The van der Waals surface area contributed by atoms with E-state index in [2.05, 4.69) is 5.32 Å². The number of nitrogens with one attached hydrogen (secondary N) is 1. The summed E-state index contributed by atoms with van der Waals surface area (Å²) >= 11 is 0. The molecule has 2 N–H and O–H groups in total. The molecule has 2 atom stereocenters. The largest absolute Gasteiger partial charge is 0.393 e. The number of hydrogen-bond acceptors (Lipinski definition) is 3. The van der Waals surface area contributed by atoms with E-state index in [1.165, 1.54) is 0 Å². The van der Waals surface area contributed by atoms with Crippen molar-refractivity contribution in [1.82, 2.24) is 5.32 Å². The third-order valence-electron chi connectivity index (χ3n) is 2.57. The van der Waals surface area contributed by atoms with Crippen LogP contribution in [0.4, 0.5) is 0 Å². The number of ether oxygens (including phenoxy) is 1. The Morgan fingerprint density at radius 3 is 2.85 bits per heavy atom. The number of aliphatic hydroxyl groups is 1. The zero-order chi connectivity index (χ0) is 9.68. The fourth-order valence-electron chi connectivity index (χ4n) is 1.46. The van der Waals surface area contributed by atoms with E-state index in [0.717, 1.165) is 32.6 Å². The number of aliphatic hydroxyl groups excluding tert-OH is 1. The summed E-state index contributed by atoms with van der Waals surface area (Å²) in [5, 5.41) is 12.9. The van der Waals surface area contributed by atoms with Crippen molar-refractivity contribution in [2.75, 3.05) is 19.8 Å². The van der Waals surface area contributed by atoms with E-state index in [4.69, 9.17) is 4.74 Å². The lowest BCUT2D eigenvalue weighted by atomic mass is 10.0. The SMILES string of the molecule is CC(C)C(O)CCNC1CCOC1. The van der Waals surface area contributed by atoms with E-state index in [1.54, 1.807) is 0 Å². The Balaban J connectivity index is 1.99. The Hall–Kier alpha value is -0.120. The molecule has 1 saturated heterocycles. The molecule has 1 aliphatic rings. The van der Waals surface area contributed by atoms with Gasteiger partial charge in [0.05, 0.1) is 12.7 Å². The summed E-state index contributed by atoms with van der Waals surface area (Å²) in [6.07, 6.45) is 1.78. The average Bonchev–Trinajstić information content (AvgIpc) is 2.56. The molecule has 1 aliphatic heterocycles. The van der Waals surface area contributed by atoms with Gasteiger partial charge in [-0.3, -0.25) is 0 Å². The van der Waals surface area contributed by atoms with E-state index in [-0.39, 0.29) is 6.10 Å². The minimum absolute atomic E-state index is 0.171. The van der Waals surface area contributed by atoms with Crippen LogP contribution in [0.15, 0.2) is 0 Å². The molecule has 78 valence electrons. The molecule has 1 rings (SSSR count). The molecule has 1 heterocycles. The van der Waals surface area contributed by atoms with Gasteiger partial charge in [-0.25, -0.2) is 0 Å². The van der Waals surface area contributed by atoms with Crippen molar-refractivity contribution in [3.63, 3.8) is 0 Å². The summed E-state index contributed by atoms with van der Waals surface area (Å²) in [4.78, 5) is 0. The Morgan fingerprint density at radius 1 is 1.54 bits per heavy atom. The summed E-state index contributed by atoms with van der Waals surface area (Å²) in [5.74, 6) is 0.363. The van der Waals surface area contributed by atoms with Crippen molar-refractivity contribution >= 4 is 0 Å². The van der Waals surface area contributed by atoms with Crippen LogP contribution in [-0.4, -0.2) is 37.0 Å².